The van der Waals surface area contributed by atoms with Crippen molar-refractivity contribution in [2.45, 2.75) is 6.54 Å². The molecule has 0 spiro atoms. The smallest absolute Gasteiger partial charge is 0.262 e. The van der Waals surface area contributed by atoms with E-state index in [1.54, 1.807) is 48.7 Å². The molecular weight excluding hydrogens is 375 g/mol. The van der Waals surface area contributed by atoms with Gasteiger partial charge in [-0.05, 0) is 42.5 Å². The van der Waals surface area contributed by atoms with E-state index >= 15 is 0 Å². The number of benzene rings is 2. The predicted molar refractivity (Wildman–Crippen MR) is 100 cm³/mol. The van der Waals surface area contributed by atoms with Crippen LogP contribution < -0.4 is 4.90 Å². The van der Waals surface area contributed by atoms with Gasteiger partial charge in [-0.3, -0.25) is 9.69 Å². The molecule has 0 unspecified atom stereocenters. The van der Waals surface area contributed by atoms with Crippen LogP contribution in [0.15, 0.2) is 65.3 Å². The van der Waals surface area contributed by atoms with Gasteiger partial charge >= 0.3 is 0 Å². The van der Waals surface area contributed by atoms with Gasteiger partial charge in [0.1, 0.15) is 11.6 Å². The first-order valence-corrected chi connectivity index (χ1v) is 8.96. The molecule has 0 radical (unpaired) electrons. The molecule has 0 aliphatic rings. The van der Waals surface area contributed by atoms with Crippen molar-refractivity contribution in [3.05, 3.63) is 83.0 Å². The van der Waals surface area contributed by atoms with E-state index in [-0.39, 0.29) is 18.3 Å². The SMILES string of the molecule is O=C(c1ccccc1Cl)N(Cc1ccco1)c1nc2ccc(F)cc2s1. The average molecular weight is 387 g/mol. The number of rotatable bonds is 4. The van der Waals surface area contributed by atoms with Gasteiger partial charge in [0.25, 0.3) is 5.91 Å². The number of carbonyl (C=O) groups excluding carboxylic acids is 1. The van der Waals surface area contributed by atoms with E-state index in [4.69, 9.17) is 16.0 Å². The maximum atomic E-state index is 13.5. The zero-order valence-electron chi connectivity index (χ0n) is 13.4. The van der Waals surface area contributed by atoms with Crippen molar-refractivity contribution in [3.8, 4) is 0 Å². The summed E-state index contributed by atoms with van der Waals surface area (Å²) in [6.07, 6.45) is 1.54. The molecule has 0 saturated carbocycles. The normalized spacial score (nSPS) is 11.0. The van der Waals surface area contributed by atoms with Crippen molar-refractivity contribution < 1.29 is 13.6 Å². The Morgan fingerprint density at radius 3 is 2.81 bits per heavy atom. The van der Waals surface area contributed by atoms with Crippen LogP contribution in [0.4, 0.5) is 9.52 Å². The standard InChI is InChI=1S/C19H12ClFN2O2S/c20-15-6-2-1-5-14(15)18(24)23(11-13-4-3-9-25-13)19-22-16-8-7-12(21)10-17(16)26-19/h1-10H,11H2. The van der Waals surface area contributed by atoms with Crippen LogP contribution in [0, 0.1) is 5.82 Å². The first-order valence-electron chi connectivity index (χ1n) is 7.77. The van der Waals surface area contributed by atoms with Crippen LogP contribution in [0.1, 0.15) is 16.1 Å². The van der Waals surface area contributed by atoms with Crippen LogP contribution in [0.2, 0.25) is 5.02 Å². The van der Waals surface area contributed by atoms with Crippen LogP contribution >= 0.6 is 22.9 Å². The number of halogens is 2. The summed E-state index contributed by atoms with van der Waals surface area (Å²) in [5.74, 6) is -0.0370. The monoisotopic (exact) mass is 386 g/mol. The number of anilines is 1. The summed E-state index contributed by atoms with van der Waals surface area (Å²) in [6, 6.07) is 14.7. The van der Waals surface area contributed by atoms with E-state index in [0.717, 1.165) is 0 Å². The third-order valence-corrected chi connectivity index (χ3v) is 5.18. The Kier molecular flexibility index (Phi) is 4.44. The fourth-order valence-electron chi connectivity index (χ4n) is 2.57. The van der Waals surface area contributed by atoms with E-state index in [1.807, 2.05) is 0 Å². The Morgan fingerprint density at radius 2 is 2.04 bits per heavy atom. The van der Waals surface area contributed by atoms with Crippen LogP contribution in [-0.4, -0.2) is 10.9 Å². The van der Waals surface area contributed by atoms with Crippen LogP contribution in [0.25, 0.3) is 10.2 Å². The Labute approximate surface area is 157 Å². The van der Waals surface area contributed by atoms with Crippen molar-refractivity contribution in [2.24, 2.45) is 0 Å². The van der Waals surface area contributed by atoms with E-state index in [2.05, 4.69) is 4.98 Å². The predicted octanol–water partition coefficient (Wildman–Crippen LogP) is 5.53. The molecule has 0 N–H and O–H groups in total. The number of nitrogens with zero attached hydrogens (tertiary/aromatic N) is 2. The summed E-state index contributed by atoms with van der Waals surface area (Å²) in [5, 5.41) is 0.807. The number of amides is 1. The third-order valence-electron chi connectivity index (χ3n) is 3.81. The first-order chi connectivity index (χ1) is 12.6. The average Bonchev–Trinajstić information content (AvgIpc) is 3.28. The molecule has 4 rings (SSSR count). The first kappa shape index (κ1) is 16.8. The van der Waals surface area contributed by atoms with Gasteiger partial charge in [0.05, 0.1) is 33.6 Å². The number of hydrogen-bond donors (Lipinski definition) is 0. The van der Waals surface area contributed by atoms with Crippen LogP contribution in [-0.2, 0) is 6.54 Å². The summed E-state index contributed by atoms with van der Waals surface area (Å²) < 4.78 is 19.5. The topological polar surface area (TPSA) is 46.3 Å². The Hall–Kier alpha value is -2.70. The van der Waals surface area contributed by atoms with E-state index in [9.17, 15) is 9.18 Å². The van der Waals surface area contributed by atoms with Crippen molar-refractivity contribution >= 4 is 44.2 Å². The zero-order valence-corrected chi connectivity index (χ0v) is 14.9. The van der Waals surface area contributed by atoms with E-state index in [1.165, 1.54) is 28.4 Å². The molecule has 0 aliphatic carbocycles. The molecule has 4 aromatic rings. The molecule has 2 aromatic heterocycles. The fourth-order valence-corrected chi connectivity index (χ4v) is 3.77. The van der Waals surface area contributed by atoms with Crippen LogP contribution in [0.3, 0.4) is 0 Å². The lowest BCUT2D eigenvalue weighted by Gasteiger charge is -2.19. The highest BCUT2D eigenvalue weighted by Crippen LogP contribution is 2.32. The number of fused-ring (bicyclic) bond motifs is 1. The Bertz CT molecular complexity index is 1080. The van der Waals surface area contributed by atoms with Gasteiger partial charge in [-0.1, -0.05) is 35.1 Å². The quantitative estimate of drug-likeness (QED) is 0.463. The zero-order chi connectivity index (χ0) is 18.1. The molecule has 0 atom stereocenters. The minimum absolute atomic E-state index is 0.194. The fraction of sp³-hybridized carbons (Fsp3) is 0.0526. The lowest BCUT2D eigenvalue weighted by molar-refractivity contribution is 0.0983. The largest absolute Gasteiger partial charge is 0.467 e. The number of thiazole rings is 1. The van der Waals surface area contributed by atoms with Gasteiger partial charge in [-0.25, -0.2) is 9.37 Å². The lowest BCUT2D eigenvalue weighted by atomic mass is 10.2. The van der Waals surface area contributed by atoms with Gasteiger partial charge in [0, 0.05) is 0 Å². The molecule has 0 bridgehead atoms. The molecule has 0 fully saturated rings. The van der Waals surface area contributed by atoms with Crippen molar-refractivity contribution in [1.82, 2.24) is 4.98 Å². The molecule has 130 valence electrons. The minimum Gasteiger partial charge on any atom is -0.467 e. The van der Waals surface area contributed by atoms with Crippen LogP contribution in [0.5, 0.6) is 0 Å². The molecule has 0 saturated heterocycles. The lowest BCUT2D eigenvalue weighted by Crippen LogP contribution is -2.30. The number of carbonyl (C=O) groups is 1. The highest BCUT2D eigenvalue weighted by molar-refractivity contribution is 7.22. The molecule has 2 aromatic carbocycles. The number of furan rings is 1. The second kappa shape index (κ2) is 6.90. The molecule has 1 amide bonds. The highest BCUT2D eigenvalue weighted by Gasteiger charge is 2.24. The molecule has 2 heterocycles. The van der Waals surface area contributed by atoms with Crippen molar-refractivity contribution in [3.63, 3.8) is 0 Å². The maximum absolute atomic E-state index is 13.5. The molecule has 0 aliphatic heterocycles. The maximum Gasteiger partial charge on any atom is 0.262 e. The second-order valence-electron chi connectivity index (χ2n) is 5.56. The van der Waals surface area contributed by atoms with Crippen molar-refractivity contribution in [2.75, 3.05) is 4.90 Å². The molecule has 7 heteroatoms. The summed E-state index contributed by atoms with van der Waals surface area (Å²) in [7, 11) is 0. The van der Waals surface area contributed by atoms with Gasteiger partial charge in [-0.15, -0.1) is 0 Å². The number of aromatic nitrogens is 1. The van der Waals surface area contributed by atoms with Gasteiger partial charge < -0.3 is 4.42 Å². The Balaban J connectivity index is 1.79. The number of hydrogen-bond acceptors (Lipinski definition) is 4. The van der Waals surface area contributed by atoms with E-state index in [0.29, 0.717) is 31.7 Å². The summed E-state index contributed by atoms with van der Waals surface area (Å²) >= 11 is 7.43. The van der Waals surface area contributed by atoms with Crippen molar-refractivity contribution in [1.29, 1.82) is 0 Å². The van der Waals surface area contributed by atoms with E-state index < -0.39 is 0 Å². The van der Waals surface area contributed by atoms with Gasteiger partial charge in [0.2, 0.25) is 0 Å². The second-order valence-corrected chi connectivity index (χ2v) is 6.98. The molecule has 26 heavy (non-hydrogen) atoms. The highest BCUT2D eigenvalue weighted by atomic mass is 35.5. The summed E-state index contributed by atoms with van der Waals surface area (Å²) in [4.78, 5) is 19.1. The van der Waals surface area contributed by atoms with Gasteiger partial charge in [-0.2, -0.15) is 0 Å². The summed E-state index contributed by atoms with van der Waals surface area (Å²) in [5.41, 5.74) is 0.994. The summed E-state index contributed by atoms with van der Waals surface area (Å²) in [6.45, 7) is 0.194. The Morgan fingerprint density at radius 1 is 1.19 bits per heavy atom. The minimum atomic E-state index is -0.345. The molecule has 4 nitrogen and oxygen atoms in total. The third kappa shape index (κ3) is 3.21. The van der Waals surface area contributed by atoms with Gasteiger partial charge in [0.15, 0.2) is 5.13 Å². The molecular formula is C19H12ClFN2O2S.